The molecule has 21 heavy (non-hydrogen) atoms. The van der Waals surface area contributed by atoms with Crippen molar-refractivity contribution in [2.75, 3.05) is 25.4 Å². The molecule has 1 rings (SSSR count). The fourth-order valence-electron chi connectivity index (χ4n) is 2.23. The molecular formula is C16H27N3O2. The third-order valence-electron chi connectivity index (χ3n) is 3.68. The summed E-state index contributed by atoms with van der Waals surface area (Å²) >= 11 is 0. The van der Waals surface area contributed by atoms with E-state index in [0.717, 1.165) is 32.5 Å². The molecule has 0 bridgehead atoms. The van der Waals surface area contributed by atoms with Crippen LogP contribution in [0, 0.1) is 0 Å². The summed E-state index contributed by atoms with van der Waals surface area (Å²) in [5.74, 6) is -0.238. The van der Waals surface area contributed by atoms with Crippen LogP contribution in [0.5, 0.6) is 5.75 Å². The van der Waals surface area contributed by atoms with Gasteiger partial charge >= 0.3 is 0 Å². The highest BCUT2D eigenvalue weighted by molar-refractivity contribution is 5.95. The summed E-state index contributed by atoms with van der Waals surface area (Å²) in [4.78, 5) is 14.4. The number of carbonyl (C=O) groups is 1. The fourth-order valence-corrected chi connectivity index (χ4v) is 2.23. The Balaban J connectivity index is 2.41. The number of nitrogen functional groups attached to an aromatic ring is 1. The SMILES string of the molecule is CCN(CC)CCCC(C)NC(=O)c1ccc(N)c(O)c1. The minimum atomic E-state index is -0.180. The lowest BCUT2D eigenvalue weighted by molar-refractivity contribution is 0.0937. The highest BCUT2D eigenvalue weighted by Crippen LogP contribution is 2.20. The molecule has 0 saturated carbocycles. The van der Waals surface area contributed by atoms with Gasteiger partial charge in [-0.25, -0.2) is 0 Å². The van der Waals surface area contributed by atoms with Crippen LogP contribution in [-0.4, -0.2) is 41.6 Å². The zero-order valence-corrected chi connectivity index (χ0v) is 13.2. The van der Waals surface area contributed by atoms with Crippen LogP contribution in [0.25, 0.3) is 0 Å². The molecule has 0 radical (unpaired) electrons. The fraction of sp³-hybridized carbons (Fsp3) is 0.562. The van der Waals surface area contributed by atoms with Gasteiger partial charge in [-0.15, -0.1) is 0 Å². The van der Waals surface area contributed by atoms with Crippen molar-refractivity contribution in [2.45, 2.75) is 39.7 Å². The van der Waals surface area contributed by atoms with Gasteiger partial charge in [-0.1, -0.05) is 13.8 Å². The molecule has 1 atom stereocenters. The maximum absolute atomic E-state index is 12.1. The number of phenols is 1. The highest BCUT2D eigenvalue weighted by Gasteiger charge is 2.11. The van der Waals surface area contributed by atoms with Gasteiger partial charge in [0.25, 0.3) is 5.91 Å². The van der Waals surface area contributed by atoms with E-state index in [4.69, 9.17) is 5.73 Å². The average Bonchev–Trinajstić information content (AvgIpc) is 2.46. The number of carbonyl (C=O) groups excluding carboxylic acids is 1. The summed E-state index contributed by atoms with van der Waals surface area (Å²) in [5.41, 5.74) is 6.23. The number of nitrogens with one attached hydrogen (secondary N) is 1. The van der Waals surface area contributed by atoms with E-state index < -0.39 is 0 Å². The number of nitrogens with zero attached hydrogens (tertiary/aromatic N) is 1. The van der Waals surface area contributed by atoms with Gasteiger partial charge in [0.1, 0.15) is 5.75 Å². The topological polar surface area (TPSA) is 78.6 Å². The second-order valence-corrected chi connectivity index (χ2v) is 5.32. The molecule has 0 aromatic heterocycles. The third kappa shape index (κ3) is 5.63. The molecule has 5 nitrogen and oxygen atoms in total. The molecule has 1 amide bonds. The summed E-state index contributed by atoms with van der Waals surface area (Å²) in [7, 11) is 0. The molecule has 5 heteroatoms. The summed E-state index contributed by atoms with van der Waals surface area (Å²) in [6.07, 6.45) is 1.99. The maximum Gasteiger partial charge on any atom is 0.251 e. The largest absolute Gasteiger partial charge is 0.506 e. The molecule has 1 aromatic rings. The molecular weight excluding hydrogens is 266 g/mol. The zero-order chi connectivity index (χ0) is 15.8. The molecule has 0 heterocycles. The summed E-state index contributed by atoms with van der Waals surface area (Å²) in [6.45, 7) is 9.47. The summed E-state index contributed by atoms with van der Waals surface area (Å²) in [5, 5.41) is 12.5. The van der Waals surface area contributed by atoms with Gasteiger partial charge in [0.15, 0.2) is 0 Å². The molecule has 0 saturated heterocycles. The Hall–Kier alpha value is -1.75. The minimum absolute atomic E-state index is 0.0585. The van der Waals surface area contributed by atoms with Crippen molar-refractivity contribution >= 4 is 11.6 Å². The minimum Gasteiger partial charge on any atom is -0.506 e. The molecule has 0 spiro atoms. The van der Waals surface area contributed by atoms with Crippen LogP contribution in [0.15, 0.2) is 18.2 Å². The number of rotatable bonds is 8. The highest BCUT2D eigenvalue weighted by atomic mass is 16.3. The summed E-state index contributed by atoms with van der Waals surface area (Å²) in [6, 6.07) is 4.66. The van der Waals surface area contributed by atoms with E-state index in [1.54, 1.807) is 6.07 Å². The monoisotopic (exact) mass is 293 g/mol. The number of hydrogen-bond donors (Lipinski definition) is 3. The molecule has 0 aliphatic carbocycles. The van der Waals surface area contributed by atoms with Gasteiger partial charge in [-0.05, 0) is 57.6 Å². The lowest BCUT2D eigenvalue weighted by atomic mass is 10.1. The van der Waals surface area contributed by atoms with Crippen LogP contribution in [0.1, 0.15) is 44.0 Å². The van der Waals surface area contributed by atoms with Crippen LogP contribution < -0.4 is 11.1 Å². The maximum atomic E-state index is 12.1. The van der Waals surface area contributed by atoms with Crippen molar-refractivity contribution in [3.8, 4) is 5.75 Å². The normalized spacial score (nSPS) is 12.4. The summed E-state index contributed by atoms with van der Waals surface area (Å²) < 4.78 is 0. The van der Waals surface area contributed by atoms with Crippen LogP contribution in [0.4, 0.5) is 5.69 Å². The van der Waals surface area contributed by atoms with E-state index in [1.165, 1.54) is 12.1 Å². The Bertz CT molecular complexity index is 459. The Labute approximate surface area is 127 Å². The molecule has 1 aromatic carbocycles. The number of aromatic hydroxyl groups is 1. The van der Waals surface area contributed by atoms with E-state index in [-0.39, 0.29) is 23.4 Å². The first kappa shape index (κ1) is 17.3. The number of hydrogen-bond acceptors (Lipinski definition) is 4. The van der Waals surface area contributed by atoms with Crippen LogP contribution in [0.2, 0.25) is 0 Å². The van der Waals surface area contributed by atoms with Crippen LogP contribution in [0.3, 0.4) is 0 Å². The molecule has 118 valence electrons. The first-order valence-electron chi connectivity index (χ1n) is 7.59. The lowest BCUT2D eigenvalue weighted by Crippen LogP contribution is -2.33. The number of amides is 1. The third-order valence-corrected chi connectivity index (χ3v) is 3.68. The predicted molar refractivity (Wildman–Crippen MR) is 86.5 cm³/mol. The number of anilines is 1. The Morgan fingerprint density at radius 3 is 2.62 bits per heavy atom. The van der Waals surface area contributed by atoms with E-state index in [0.29, 0.717) is 5.56 Å². The number of phenolic OH excluding ortho intramolecular Hbond substituents is 1. The number of nitrogens with two attached hydrogens (primary N) is 1. The van der Waals surface area contributed by atoms with Gasteiger partial charge in [0.05, 0.1) is 5.69 Å². The van der Waals surface area contributed by atoms with Crippen LogP contribution in [-0.2, 0) is 0 Å². The van der Waals surface area contributed by atoms with Gasteiger partial charge in [0.2, 0.25) is 0 Å². The molecule has 1 unspecified atom stereocenters. The quantitative estimate of drug-likeness (QED) is 0.507. The van der Waals surface area contributed by atoms with E-state index in [2.05, 4.69) is 24.1 Å². The average molecular weight is 293 g/mol. The van der Waals surface area contributed by atoms with E-state index in [9.17, 15) is 9.90 Å². The predicted octanol–water partition coefficient (Wildman–Crippen LogP) is 2.21. The second kappa shape index (κ2) is 8.52. The van der Waals surface area contributed by atoms with E-state index in [1.807, 2.05) is 6.92 Å². The van der Waals surface area contributed by atoms with Gasteiger partial charge < -0.3 is 21.1 Å². The first-order chi connectivity index (χ1) is 9.97. The zero-order valence-electron chi connectivity index (χ0n) is 13.2. The molecule has 0 aliphatic rings. The van der Waals surface area contributed by atoms with Crippen molar-refractivity contribution in [1.29, 1.82) is 0 Å². The Kier molecular flexibility index (Phi) is 7.02. The molecule has 0 fully saturated rings. The smallest absolute Gasteiger partial charge is 0.251 e. The van der Waals surface area contributed by atoms with Crippen molar-refractivity contribution in [3.05, 3.63) is 23.8 Å². The van der Waals surface area contributed by atoms with Crippen molar-refractivity contribution in [3.63, 3.8) is 0 Å². The Morgan fingerprint density at radius 2 is 2.05 bits per heavy atom. The molecule has 0 aliphatic heterocycles. The van der Waals surface area contributed by atoms with Gasteiger partial charge in [-0.3, -0.25) is 4.79 Å². The van der Waals surface area contributed by atoms with Gasteiger partial charge in [-0.2, -0.15) is 0 Å². The van der Waals surface area contributed by atoms with Crippen molar-refractivity contribution in [1.82, 2.24) is 10.2 Å². The number of benzene rings is 1. The van der Waals surface area contributed by atoms with Gasteiger partial charge in [0, 0.05) is 11.6 Å². The van der Waals surface area contributed by atoms with Crippen molar-refractivity contribution in [2.24, 2.45) is 0 Å². The molecule has 4 N–H and O–H groups in total. The second-order valence-electron chi connectivity index (χ2n) is 5.32. The standard InChI is InChI=1S/C16H27N3O2/c1-4-19(5-2)10-6-7-12(3)18-16(21)13-8-9-14(17)15(20)11-13/h8-9,11-12,20H,4-7,10,17H2,1-3H3,(H,18,21). The Morgan fingerprint density at radius 1 is 1.38 bits per heavy atom. The van der Waals surface area contributed by atoms with Crippen LogP contribution >= 0.6 is 0 Å². The first-order valence-corrected chi connectivity index (χ1v) is 7.59. The van der Waals surface area contributed by atoms with E-state index >= 15 is 0 Å². The van der Waals surface area contributed by atoms with Crippen molar-refractivity contribution < 1.29 is 9.90 Å². The lowest BCUT2D eigenvalue weighted by Gasteiger charge is -2.19.